The number of carbonyl (C=O) groups excluding carboxylic acids is 1. The number of halogens is 2. The van der Waals surface area contributed by atoms with Crippen molar-refractivity contribution in [2.24, 2.45) is 0 Å². The van der Waals surface area contributed by atoms with E-state index < -0.39 is 0 Å². The number of rotatable bonds is 3. The molecular formula is C21H16Cl2N4OS2. The molecule has 0 atom stereocenters. The maximum atomic E-state index is 12.9. The highest BCUT2D eigenvalue weighted by Crippen LogP contribution is 2.36. The van der Waals surface area contributed by atoms with Crippen molar-refractivity contribution in [3.8, 4) is 11.3 Å². The molecule has 9 heteroatoms. The van der Waals surface area contributed by atoms with Gasteiger partial charge in [0.25, 0.3) is 5.91 Å². The number of aromatic nitrogens is 2. The average molecular weight is 475 g/mol. The molecule has 3 aromatic heterocycles. The molecule has 1 aromatic carbocycles. The van der Waals surface area contributed by atoms with Gasteiger partial charge >= 0.3 is 0 Å². The van der Waals surface area contributed by atoms with E-state index in [0.29, 0.717) is 31.4 Å². The van der Waals surface area contributed by atoms with Crippen molar-refractivity contribution in [2.45, 2.75) is 25.7 Å². The molecule has 0 saturated carbocycles. The Balaban J connectivity index is 1.41. The van der Waals surface area contributed by atoms with Crippen LogP contribution in [0.5, 0.6) is 0 Å². The number of anilines is 2. The number of aryl methyl sites for hydroxylation is 2. The molecule has 1 aliphatic carbocycles. The molecule has 4 aromatic rings. The molecule has 152 valence electrons. The topological polar surface area (TPSA) is 80.9 Å². The Morgan fingerprint density at radius 1 is 1.10 bits per heavy atom. The van der Waals surface area contributed by atoms with E-state index in [4.69, 9.17) is 33.9 Å². The summed E-state index contributed by atoms with van der Waals surface area (Å²) < 4.78 is 0. The first-order valence-electron chi connectivity index (χ1n) is 9.42. The zero-order valence-corrected chi connectivity index (χ0v) is 18.8. The first-order valence-corrected chi connectivity index (χ1v) is 11.9. The van der Waals surface area contributed by atoms with Gasteiger partial charge in [0.2, 0.25) is 0 Å². The second kappa shape index (κ2) is 7.81. The summed E-state index contributed by atoms with van der Waals surface area (Å²) >= 11 is 14.7. The van der Waals surface area contributed by atoms with Gasteiger partial charge in [0.15, 0.2) is 5.13 Å². The quantitative estimate of drug-likeness (QED) is 0.357. The molecule has 0 fully saturated rings. The van der Waals surface area contributed by atoms with Crippen LogP contribution in [0.15, 0.2) is 29.6 Å². The number of hydrogen-bond acceptors (Lipinski definition) is 6. The summed E-state index contributed by atoms with van der Waals surface area (Å²) in [4.78, 5) is 23.4. The maximum absolute atomic E-state index is 12.9. The summed E-state index contributed by atoms with van der Waals surface area (Å²) in [5, 5.41) is 7.02. The van der Waals surface area contributed by atoms with Crippen molar-refractivity contribution in [1.82, 2.24) is 9.97 Å². The fourth-order valence-electron chi connectivity index (χ4n) is 3.60. The van der Waals surface area contributed by atoms with Gasteiger partial charge in [-0.3, -0.25) is 10.1 Å². The minimum atomic E-state index is -0.275. The van der Waals surface area contributed by atoms with Gasteiger partial charge in [-0.2, -0.15) is 0 Å². The van der Waals surface area contributed by atoms with E-state index in [9.17, 15) is 4.79 Å². The zero-order chi connectivity index (χ0) is 20.8. The van der Waals surface area contributed by atoms with E-state index in [1.807, 2.05) is 11.4 Å². The smallest absolute Gasteiger partial charge is 0.269 e. The average Bonchev–Trinajstić information content (AvgIpc) is 3.33. The molecule has 1 amide bonds. The summed E-state index contributed by atoms with van der Waals surface area (Å²) in [5.41, 5.74) is 10.7. The number of nitrogens with two attached hydrogens (primary N) is 1. The number of nitrogen functional groups attached to an aromatic ring is 1. The van der Waals surface area contributed by atoms with Gasteiger partial charge in [-0.05, 0) is 49.4 Å². The Morgan fingerprint density at radius 3 is 2.77 bits per heavy atom. The molecule has 0 unspecified atom stereocenters. The number of thiazole rings is 1. The van der Waals surface area contributed by atoms with Gasteiger partial charge in [-0.1, -0.05) is 29.3 Å². The van der Waals surface area contributed by atoms with E-state index in [1.54, 1.807) is 12.1 Å². The van der Waals surface area contributed by atoms with Crippen LogP contribution in [0.2, 0.25) is 10.0 Å². The molecule has 0 radical (unpaired) electrons. The van der Waals surface area contributed by atoms with Gasteiger partial charge in [0.05, 0.1) is 21.4 Å². The Kier molecular flexibility index (Phi) is 5.14. The van der Waals surface area contributed by atoms with E-state index in [0.717, 1.165) is 40.7 Å². The largest absolute Gasteiger partial charge is 0.397 e. The molecule has 5 rings (SSSR count). The molecule has 0 bridgehead atoms. The van der Waals surface area contributed by atoms with Gasteiger partial charge in [0.1, 0.15) is 9.71 Å². The minimum absolute atomic E-state index is 0.275. The lowest BCUT2D eigenvalue weighted by Crippen LogP contribution is -2.11. The molecule has 1 aliphatic rings. The lowest BCUT2D eigenvalue weighted by atomic mass is 9.95. The van der Waals surface area contributed by atoms with Gasteiger partial charge in [-0.25, -0.2) is 9.97 Å². The summed E-state index contributed by atoms with van der Waals surface area (Å²) in [6.07, 6.45) is 4.33. The Morgan fingerprint density at radius 2 is 1.93 bits per heavy atom. The van der Waals surface area contributed by atoms with Gasteiger partial charge in [-0.15, -0.1) is 22.7 Å². The highest BCUT2D eigenvalue weighted by Gasteiger charge is 2.21. The number of pyridine rings is 1. The maximum Gasteiger partial charge on any atom is 0.269 e. The van der Waals surface area contributed by atoms with Crippen LogP contribution in [-0.2, 0) is 12.8 Å². The SMILES string of the molecule is Nc1c(C(=O)Nc2nc(-c3ccc(Cl)c(Cl)c3)cs2)sc2nc3c(cc12)CCCC3. The molecule has 0 saturated heterocycles. The third-order valence-electron chi connectivity index (χ3n) is 5.15. The third kappa shape index (κ3) is 3.56. The third-order valence-corrected chi connectivity index (χ3v) is 7.76. The normalized spacial score (nSPS) is 13.4. The second-order valence-corrected chi connectivity index (χ2v) is 9.79. The monoisotopic (exact) mass is 474 g/mol. The van der Waals surface area contributed by atoms with Crippen molar-refractivity contribution >= 4 is 72.8 Å². The summed E-state index contributed by atoms with van der Waals surface area (Å²) in [6.45, 7) is 0. The fraction of sp³-hybridized carbons (Fsp3) is 0.190. The van der Waals surface area contributed by atoms with Gasteiger partial charge in [0, 0.05) is 22.0 Å². The van der Waals surface area contributed by atoms with Crippen LogP contribution in [0.25, 0.3) is 21.5 Å². The Hall–Kier alpha value is -2.19. The molecular weight excluding hydrogens is 459 g/mol. The van der Waals surface area contributed by atoms with Gasteiger partial charge < -0.3 is 5.73 Å². The van der Waals surface area contributed by atoms with Crippen molar-refractivity contribution in [3.05, 3.63) is 55.8 Å². The van der Waals surface area contributed by atoms with Crippen molar-refractivity contribution in [1.29, 1.82) is 0 Å². The molecule has 30 heavy (non-hydrogen) atoms. The van der Waals surface area contributed by atoms with Crippen molar-refractivity contribution in [3.63, 3.8) is 0 Å². The highest BCUT2D eigenvalue weighted by atomic mass is 35.5. The van der Waals surface area contributed by atoms with E-state index in [1.165, 1.54) is 34.7 Å². The number of hydrogen-bond donors (Lipinski definition) is 2. The molecule has 3 N–H and O–H groups in total. The lowest BCUT2D eigenvalue weighted by molar-refractivity contribution is 0.103. The number of amides is 1. The number of nitrogens with one attached hydrogen (secondary N) is 1. The van der Waals surface area contributed by atoms with Crippen LogP contribution < -0.4 is 11.1 Å². The highest BCUT2D eigenvalue weighted by molar-refractivity contribution is 7.21. The molecule has 5 nitrogen and oxygen atoms in total. The summed E-state index contributed by atoms with van der Waals surface area (Å²) in [5.74, 6) is -0.275. The lowest BCUT2D eigenvalue weighted by Gasteiger charge is -2.14. The zero-order valence-electron chi connectivity index (χ0n) is 15.7. The Labute approximate surface area is 190 Å². The van der Waals surface area contributed by atoms with Crippen LogP contribution in [0.1, 0.15) is 33.8 Å². The number of carbonyl (C=O) groups is 1. The standard InChI is InChI=1S/C21H16Cl2N4OS2/c22-13-6-5-11(8-14(13)23)16-9-29-21(26-16)27-19(28)18-17(24)12-7-10-3-1-2-4-15(10)25-20(12)30-18/h5-9H,1-4,24H2,(H,26,27,28). The van der Waals surface area contributed by atoms with E-state index in [2.05, 4.69) is 16.4 Å². The fourth-order valence-corrected chi connectivity index (χ4v) is 5.61. The predicted octanol–water partition coefficient (Wildman–Crippen LogP) is 6.44. The molecule has 0 spiro atoms. The van der Waals surface area contributed by atoms with Crippen molar-refractivity contribution < 1.29 is 4.79 Å². The molecule has 0 aliphatic heterocycles. The number of benzene rings is 1. The van der Waals surface area contributed by atoms with Crippen LogP contribution in [0.3, 0.4) is 0 Å². The summed E-state index contributed by atoms with van der Waals surface area (Å²) in [6, 6.07) is 7.42. The number of fused-ring (bicyclic) bond motifs is 2. The number of thiophene rings is 1. The van der Waals surface area contributed by atoms with Crippen molar-refractivity contribution in [2.75, 3.05) is 11.1 Å². The Bertz CT molecular complexity index is 1300. The first kappa shape index (κ1) is 19.8. The molecule has 3 heterocycles. The second-order valence-electron chi connectivity index (χ2n) is 7.12. The van der Waals surface area contributed by atoms with E-state index >= 15 is 0 Å². The van der Waals surface area contributed by atoms with Crippen LogP contribution in [0.4, 0.5) is 10.8 Å². The van der Waals surface area contributed by atoms with Crippen LogP contribution in [-0.4, -0.2) is 15.9 Å². The van der Waals surface area contributed by atoms with Crippen LogP contribution in [0, 0.1) is 0 Å². The first-order chi connectivity index (χ1) is 14.5. The number of nitrogens with zero attached hydrogens (tertiary/aromatic N) is 2. The predicted molar refractivity (Wildman–Crippen MR) is 126 cm³/mol. The summed E-state index contributed by atoms with van der Waals surface area (Å²) in [7, 11) is 0. The van der Waals surface area contributed by atoms with Crippen LogP contribution >= 0.6 is 45.9 Å². The minimum Gasteiger partial charge on any atom is -0.397 e. The van der Waals surface area contributed by atoms with E-state index in [-0.39, 0.29) is 5.91 Å².